The molecule has 196 valence electrons. The van der Waals surface area contributed by atoms with Gasteiger partial charge in [0.15, 0.2) is 18.1 Å². The van der Waals surface area contributed by atoms with Crippen LogP contribution in [0, 0.1) is 13.8 Å². The van der Waals surface area contributed by atoms with E-state index in [0.717, 1.165) is 16.7 Å². The number of rotatable bonds is 8. The maximum absolute atomic E-state index is 12.4. The third-order valence-electron chi connectivity index (χ3n) is 5.46. The molecule has 38 heavy (non-hydrogen) atoms. The molecule has 11 heteroatoms. The van der Waals surface area contributed by atoms with Crippen molar-refractivity contribution in [3.8, 4) is 17.2 Å². The number of carbonyl (C=O) groups excluding carboxylic acids is 3. The Morgan fingerprint density at radius 3 is 2.66 bits per heavy atom. The zero-order valence-electron chi connectivity index (χ0n) is 20.7. The summed E-state index contributed by atoms with van der Waals surface area (Å²) in [5.41, 5.74) is 5.95. The number of hydrogen-bond acceptors (Lipinski definition) is 7. The molecule has 4 rings (SSSR count). The molecule has 1 aliphatic heterocycles. The Morgan fingerprint density at radius 1 is 1.00 bits per heavy atom. The van der Waals surface area contributed by atoms with Crippen molar-refractivity contribution in [2.45, 2.75) is 20.4 Å². The number of anilines is 1. The van der Waals surface area contributed by atoms with Gasteiger partial charge in [-0.15, -0.1) is 0 Å². The minimum absolute atomic E-state index is 0.114. The standard InChI is InChI=1S/C27H25ClN4O6/c1-16-3-4-17(2)21(9-16)31-25(33)14-36-22-8-6-20(28)11-19(22)13-30-32-27(35)26(34)29-12-18-5-7-23-24(10-18)38-15-37-23/h3-11,13H,12,14-15H2,1-2H3,(H,29,34)(H,31,33)(H,32,35)/b30-13-. The lowest BCUT2D eigenvalue weighted by molar-refractivity contribution is -0.139. The van der Waals surface area contributed by atoms with E-state index >= 15 is 0 Å². The summed E-state index contributed by atoms with van der Waals surface area (Å²) in [6.45, 7) is 3.83. The molecule has 0 bridgehead atoms. The summed E-state index contributed by atoms with van der Waals surface area (Å²) in [5, 5.41) is 9.54. The van der Waals surface area contributed by atoms with Gasteiger partial charge in [-0.05, 0) is 66.9 Å². The van der Waals surface area contributed by atoms with Gasteiger partial charge in [-0.3, -0.25) is 14.4 Å². The highest BCUT2D eigenvalue weighted by atomic mass is 35.5. The largest absolute Gasteiger partial charge is 0.483 e. The van der Waals surface area contributed by atoms with E-state index in [1.807, 2.05) is 32.0 Å². The Kier molecular flexibility index (Phi) is 8.44. The summed E-state index contributed by atoms with van der Waals surface area (Å²) in [5.74, 6) is -0.656. The molecule has 0 saturated carbocycles. The number of hydrogen-bond donors (Lipinski definition) is 3. The summed E-state index contributed by atoms with van der Waals surface area (Å²) < 4.78 is 16.2. The molecule has 1 aliphatic rings. The van der Waals surface area contributed by atoms with Crippen LogP contribution in [0.4, 0.5) is 5.69 Å². The first-order valence-corrected chi connectivity index (χ1v) is 12.0. The van der Waals surface area contributed by atoms with E-state index in [0.29, 0.717) is 33.5 Å². The van der Waals surface area contributed by atoms with E-state index in [1.165, 1.54) is 6.21 Å². The van der Waals surface area contributed by atoms with Gasteiger partial charge in [0.1, 0.15) is 5.75 Å². The van der Waals surface area contributed by atoms with E-state index in [1.54, 1.807) is 36.4 Å². The lowest BCUT2D eigenvalue weighted by Crippen LogP contribution is -2.37. The molecular weight excluding hydrogens is 512 g/mol. The smallest absolute Gasteiger partial charge is 0.329 e. The monoisotopic (exact) mass is 536 g/mol. The van der Waals surface area contributed by atoms with Crippen molar-refractivity contribution < 1.29 is 28.6 Å². The predicted molar refractivity (Wildman–Crippen MR) is 142 cm³/mol. The third-order valence-corrected chi connectivity index (χ3v) is 5.70. The Bertz CT molecular complexity index is 1410. The van der Waals surface area contributed by atoms with E-state index in [-0.39, 0.29) is 25.9 Å². The van der Waals surface area contributed by atoms with E-state index in [2.05, 4.69) is 21.2 Å². The van der Waals surface area contributed by atoms with Crippen LogP contribution in [-0.2, 0) is 20.9 Å². The Labute approximate surface area is 223 Å². The van der Waals surface area contributed by atoms with Crippen molar-refractivity contribution in [3.63, 3.8) is 0 Å². The number of hydrazone groups is 1. The molecule has 0 atom stereocenters. The Hall–Kier alpha value is -4.57. The van der Waals surface area contributed by atoms with E-state index in [9.17, 15) is 14.4 Å². The second kappa shape index (κ2) is 12.1. The molecule has 1 heterocycles. The highest BCUT2D eigenvalue weighted by molar-refractivity contribution is 6.35. The van der Waals surface area contributed by atoms with E-state index < -0.39 is 11.8 Å². The molecule has 0 aliphatic carbocycles. The van der Waals surface area contributed by atoms with Crippen molar-refractivity contribution in [2.24, 2.45) is 5.10 Å². The first-order valence-electron chi connectivity index (χ1n) is 11.6. The van der Waals surface area contributed by atoms with Gasteiger partial charge in [0.25, 0.3) is 5.91 Å². The Morgan fingerprint density at radius 2 is 1.82 bits per heavy atom. The van der Waals surface area contributed by atoms with Crippen molar-refractivity contribution in [1.82, 2.24) is 10.7 Å². The maximum atomic E-state index is 12.4. The third kappa shape index (κ3) is 7.01. The number of carbonyl (C=O) groups is 3. The van der Waals surface area contributed by atoms with Crippen molar-refractivity contribution in [3.05, 3.63) is 81.9 Å². The number of aryl methyl sites for hydroxylation is 2. The van der Waals surface area contributed by atoms with Gasteiger partial charge in [0.05, 0.1) is 6.21 Å². The van der Waals surface area contributed by atoms with E-state index in [4.69, 9.17) is 25.8 Å². The summed E-state index contributed by atoms with van der Waals surface area (Å²) in [4.78, 5) is 36.7. The number of halogens is 1. The summed E-state index contributed by atoms with van der Waals surface area (Å²) in [6, 6.07) is 15.7. The van der Waals surface area contributed by atoms with Crippen molar-refractivity contribution >= 4 is 41.2 Å². The van der Waals surface area contributed by atoms with Gasteiger partial charge >= 0.3 is 11.8 Å². The molecule has 0 aromatic heterocycles. The predicted octanol–water partition coefficient (Wildman–Crippen LogP) is 3.47. The quantitative estimate of drug-likeness (QED) is 0.230. The average molecular weight is 537 g/mol. The Balaban J connectivity index is 1.29. The maximum Gasteiger partial charge on any atom is 0.329 e. The van der Waals surface area contributed by atoms with Crippen LogP contribution < -0.4 is 30.3 Å². The molecule has 10 nitrogen and oxygen atoms in total. The molecule has 3 amide bonds. The molecule has 0 unspecified atom stereocenters. The van der Waals surface area contributed by atoms with Gasteiger partial charge in [-0.2, -0.15) is 5.10 Å². The summed E-state index contributed by atoms with van der Waals surface area (Å²) >= 11 is 6.08. The van der Waals surface area contributed by atoms with Gasteiger partial charge < -0.3 is 24.8 Å². The minimum atomic E-state index is -0.959. The number of ether oxygens (including phenoxy) is 3. The fourth-order valence-electron chi connectivity index (χ4n) is 3.48. The molecule has 0 saturated heterocycles. The second-order valence-corrected chi connectivity index (χ2v) is 8.84. The number of fused-ring (bicyclic) bond motifs is 1. The zero-order valence-corrected chi connectivity index (χ0v) is 21.4. The number of amides is 3. The molecule has 3 aromatic carbocycles. The minimum Gasteiger partial charge on any atom is -0.483 e. The fraction of sp³-hybridized carbons (Fsp3) is 0.185. The zero-order chi connectivity index (χ0) is 27.1. The van der Waals surface area contributed by atoms with Crippen LogP contribution in [-0.4, -0.2) is 37.3 Å². The lowest BCUT2D eigenvalue weighted by atomic mass is 10.1. The highest BCUT2D eigenvalue weighted by Gasteiger charge is 2.16. The molecule has 3 aromatic rings. The van der Waals surface area contributed by atoms with Crippen molar-refractivity contribution in [1.29, 1.82) is 0 Å². The van der Waals surface area contributed by atoms with Gasteiger partial charge in [0, 0.05) is 22.8 Å². The first-order chi connectivity index (χ1) is 18.3. The highest BCUT2D eigenvalue weighted by Crippen LogP contribution is 2.32. The average Bonchev–Trinajstić information content (AvgIpc) is 3.37. The second-order valence-electron chi connectivity index (χ2n) is 8.41. The number of nitrogens with one attached hydrogen (secondary N) is 3. The van der Waals surface area contributed by atoms with Crippen LogP contribution in [0.3, 0.4) is 0 Å². The van der Waals surface area contributed by atoms with Gasteiger partial charge in [0.2, 0.25) is 6.79 Å². The number of benzene rings is 3. The molecule has 0 spiro atoms. The van der Waals surface area contributed by atoms with Crippen LogP contribution in [0.15, 0.2) is 59.7 Å². The first kappa shape index (κ1) is 26.5. The summed E-state index contributed by atoms with van der Waals surface area (Å²) in [7, 11) is 0. The van der Waals surface area contributed by atoms with Crippen LogP contribution in [0.5, 0.6) is 17.2 Å². The van der Waals surface area contributed by atoms with Gasteiger partial charge in [-0.25, -0.2) is 5.43 Å². The normalized spacial score (nSPS) is 11.8. The topological polar surface area (TPSA) is 127 Å². The SMILES string of the molecule is Cc1ccc(C)c(NC(=O)COc2ccc(Cl)cc2/C=N\NC(=O)C(=O)NCc2ccc3c(c2)OCO3)c1. The molecule has 0 fully saturated rings. The summed E-state index contributed by atoms with van der Waals surface area (Å²) in [6.07, 6.45) is 1.27. The van der Waals surface area contributed by atoms with Crippen LogP contribution in [0.1, 0.15) is 22.3 Å². The van der Waals surface area contributed by atoms with Crippen molar-refractivity contribution in [2.75, 3.05) is 18.7 Å². The lowest BCUT2D eigenvalue weighted by Gasteiger charge is -2.12. The van der Waals surface area contributed by atoms with Crippen LogP contribution in [0.2, 0.25) is 5.02 Å². The van der Waals surface area contributed by atoms with Gasteiger partial charge in [-0.1, -0.05) is 29.8 Å². The van der Waals surface area contributed by atoms with Crippen LogP contribution >= 0.6 is 11.6 Å². The fourth-order valence-corrected chi connectivity index (χ4v) is 3.66. The molecule has 0 radical (unpaired) electrons. The molecule has 3 N–H and O–H groups in total. The molecular formula is C27H25ClN4O6. The van der Waals surface area contributed by atoms with Crippen LogP contribution in [0.25, 0.3) is 0 Å². The number of nitrogens with zero attached hydrogens (tertiary/aromatic N) is 1.